The number of aromatic nitrogens is 1. The van der Waals surface area contributed by atoms with Crippen LogP contribution in [0.3, 0.4) is 0 Å². The molecule has 0 radical (unpaired) electrons. The Morgan fingerprint density at radius 1 is 1.04 bits per heavy atom. The number of rotatable bonds is 3. The summed E-state index contributed by atoms with van der Waals surface area (Å²) in [6.07, 6.45) is 0.297. The van der Waals surface area contributed by atoms with Crippen LogP contribution in [0.25, 0.3) is 0 Å². The summed E-state index contributed by atoms with van der Waals surface area (Å²) in [5, 5.41) is 0. The number of anilines is 1. The van der Waals surface area contributed by atoms with Crippen LogP contribution in [0.1, 0.15) is 31.2 Å². The van der Waals surface area contributed by atoms with E-state index in [4.69, 9.17) is 0 Å². The van der Waals surface area contributed by atoms with Crippen molar-refractivity contribution in [1.82, 2.24) is 4.90 Å². The molecule has 2 saturated heterocycles. The molecule has 2 N–H and O–H groups in total. The van der Waals surface area contributed by atoms with E-state index in [0.717, 1.165) is 55.9 Å². The number of halogens is 3. The highest BCUT2D eigenvalue weighted by molar-refractivity contribution is 6.05. The number of nitrogens with one attached hydrogen (secondary N) is 2. The first kappa shape index (κ1) is 19.2. The average Bonchev–Trinajstić information content (AvgIpc) is 2.93. The third kappa shape index (κ3) is 3.59. The van der Waals surface area contributed by atoms with E-state index in [9.17, 15) is 22.8 Å². The van der Waals surface area contributed by atoms with Crippen LogP contribution < -0.4 is 14.8 Å². The second-order valence-corrected chi connectivity index (χ2v) is 7.96. The minimum Gasteiger partial charge on any atom is -0.311 e. The Balaban J connectivity index is 1.33. The molecule has 0 bridgehead atoms. The number of likely N-dealkylation sites (tertiary alicyclic amines) is 1. The average molecular weight is 398 g/mol. The maximum absolute atomic E-state index is 12.7. The molecule has 4 rings (SSSR count). The number of pyridine rings is 1. The molecular weight excluding hydrogens is 373 g/mol. The van der Waals surface area contributed by atoms with E-state index in [1.807, 2.05) is 4.90 Å². The van der Waals surface area contributed by atoms with E-state index in [-0.39, 0.29) is 23.7 Å². The van der Waals surface area contributed by atoms with Crippen molar-refractivity contribution in [2.45, 2.75) is 31.9 Å². The van der Waals surface area contributed by atoms with Gasteiger partial charge in [0.15, 0.2) is 6.67 Å². The number of hydrogen-bond donors (Lipinski definition) is 1. The number of amides is 2. The number of imide groups is 1. The maximum Gasteiger partial charge on any atom is 0.419 e. The molecule has 1 aliphatic carbocycles. The molecule has 2 atom stereocenters. The number of H-pyrrole nitrogens is 1. The highest BCUT2D eigenvalue weighted by atomic mass is 19.4. The molecule has 1 aromatic rings. The lowest BCUT2D eigenvalue weighted by atomic mass is 9.81. The van der Waals surface area contributed by atoms with Gasteiger partial charge in [-0.3, -0.25) is 14.5 Å². The minimum absolute atomic E-state index is 0.0132. The summed E-state index contributed by atoms with van der Waals surface area (Å²) in [5.74, 6) is 0.375. The summed E-state index contributed by atoms with van der Waals surface area (Å²) in [7, 11) is 0. The number of hydrogen-bond acceptors (Lipinski definition) is 3. The smallest absolute Gasteiger partial charge is 0.311 e. The molecule has 0 spiro atoms. The van der Waals surface area contributed by atoms with Crippen LogP contribution in [0, 0.1) is 11.8 Å². The normalized spacial score (nSPS) is 26.7. The highest BCUT2D eigenvalue weighted by Gasteiger charge is 2.49. The molecule has 1 saturated carbocycles. The summed E-state index contributed by atoms with van der Waals surface area (Å²) in [6, 6.07) is 2.53. The Bertz CT molecular complexity index is 721. The van der Waals surface area contributed by atoms with Gasteiger partial charge in [-0.2, -0.15) is 13.2 Å². The summed E-state index contributed by atoms with van der Waals surface area (Å²) in [5.41, 5.74) is -0.701. The van der Waals surface area contributed by atoms with Crippen LogP contribution >= 0.6 is 0 Å². The first-order chi connectivity index (χ1) is 13.3. The molecule has 9 heteroatoms. The van der Waals surface area contributed by atoms with Crippen LogP contribution in [0.15, 0.2) is 18.3 Å². The number of alkyl halides is 3. The predicted octanol–water partition coefficient (Wildman–Crippen LogP) is 0.357. The number of nitrogens with zero attached hydrogens (tertiary/aromatic N) is 2. The fourth-order valence-electron chi connectivity index (χ4n) is 4.62. The van der Waals surface area contributed by atoms with E-state index < -0.39 is 11.7 Å². The van der Waals surface area contributed by atoms with Gasteiger partial charge < -0.3 is 4.90 Å². The topological polar surface area (TPSA) is 59.2 Å². The largest absolute Gasteiger partial charge is 0.419 e. The Morgan fingerprint density at radius 3 is 2.14 bits per heavy atom. The molecule has 152 valence electrons. The SMILES string of the molecule is O=C1[C@H]2CCCC[C@@H]2C(=O)N1C[NH+]1CCN(c2ccc(C(F)(F)F)c[nH+]2)CC1. The van der Waals surface area contributed by atoms with Gasteiger partial charge >= 0.3 is 6.18 Å². The third-order valence-corrected chi connectivity index (χ3v) is 6.25. The van der Waals surface area contributed by atoms with Gasteiger partial charge in [-0.25, -0.2) is 9.88 Å². The lowest BCUT2D eigenvalue weighted by Crippen LogP contribution is -3.16. The molecule has 28 heavy (non-hydrogen) atoms. The van der Waals surface area contributed by atoms with Crippen molar-refractivity contribution in [2.24, 2.45) is 11.8 Å². The van der Waals surface area contributed by atoms with Crippen LogP contribution in [-0.4, -0.2) is 49.6 Å². The van der Waals surface area contributed by atoms with E-state index in [0.29, 0.717) is 25.6 Å². The zero-order valence-electron chi connectivity index (χ0n) is 15.6. The molecule has 3 aliphatic rings. The van der Waals surface area contributed by atoms with Crippen molar-refractivity contribution in [3.05, 3.63) is 23.9 Å². The lowest BCUT2D eigenvalue weighted by Gasteiger charge is -2.30. The fraction of sp³-hybridized carbons (Fsp3) is 0.632. The second-order valence-electron chi connectivity index (χ2n) is 7.96. The predicted molar refractivity (Wildman–Crippen MR) is 93.1 cm³/mol. The van der Waals surface area contributed by atoms with E-state index in [1.54, 1.807) is 0 Å². The standard InChI is InChI=1S/C19H23F3N4O2/c20-19(21,22)13-5-6-16(23-11-13)25-9-7-24(8-10-25)12-26-17(27)14-3-1-2-4-15(14)18(26)28/h5-6,11,14-15H,1-4,7-10,12H2/p+2/t14-,15-/m0/s1. The molecule has 2 aliphatic heterocycles. The maximum atomic E-state index is 12.7. The molecule has 0 unspecified atom stereocenters. The van der Waals surface area contributed by atoms with E-state index in [1.165, 1.54) is 11.0 Å². The van der Waals surface area contributed by atoms with Gasteiger partial charge in [-0.05, 0) is 18.9 Å². The Morgan fingerprint density at radius 2 is 1.64 bits per heavy atom. The molecule has 6 nitrogen and oxygen atoms in total. The van der Waals surface area contributed by atoms with Gasteiger partial charge in [0.2, 0.25) is 11.8 Å². The third-order valence-electron chi connectivity index (χ3n) is 6.25. The van der Waals surface area contributed by atoms with Crippen LogP contribution in [-0.2, 0) is 15.8 Å². The Labute approximate surface area is 161 Å². The number of fused-ring (bicyclic) bond motifs is 1. The molecule has 1 aromatic heterocycles. The van der Waals surface area contributed by atoms with Crippen molar-refractivity contribution in [2.75, 3.05) is 37.7 Å². The van der Waals surface area contributed by atoms with Crippen LogP contribution in [0.5, 0.6) is 0 Å². The molecule has 3 heterocycles. The van der Waals surface area contributed by atoms with Gasteiger partial charge in [-0.15, -0.1) is 0 Å². The lowest BCUT2D eigenvalue weighted by molar-refractivity contribution is -0.908. The fourth-order valence-corrected chi connectivity index (χ4v) is 4.62. The van der Waals surface area contributed by atoms with Crippen molar-refractivity contribution in [3.8, 4) is 0 Å². The van der Waals surface area contributed by atoms with Crippen molar-refractivity contribution in [1.29, 1.82) is 0 Å². The van der Waals surface area contributed by atoms with E-state index >= 15 is 0 Å². The highest BCUT2D eigenvalue weighted by Crippen LogP contribution is 2.37. The minimum atomic E-state index is -4.36. The van der Waals surface area contributed by atoms with Gasteiger partial charge in [0, 0.05) is 6.07 Å². The summed E-state index contributed by atoms with van der Waals surface area (Å²) >= 11 is 0. The van der Waals surface area contributed by atoms with Crippen molar-refractivity contribution >= 4 is 17.6 Å². The van der Waals surface area contributed by atoms with E-state index in [2.05, 4.69) is 4.98 Å². The second kappa shape index (κ2) is 7.35. The molecule has 3 fully saturated rings. The number of carbonyl (C=O) groups is 2. The zero-order chi connectivity index (χ0) is 19.9. The first-order valence-corrected chi connectivity index (χ1v) is 9.87. The molecular formula is C19H25F3N4O2+2. The van der Waals surface area contributed by atoms with Crippen molar-refractivity contribution in [3.63, 3.8) is 0 Å². The zero-order valence-corrected chi connectivity index (χ0v) is 15.6. The number of quaternary nitrogens is 1. The quantitative estimate of drug-likeness (QED) is 0.748. The summed E-state index contributed by atoms with van der Waals surface area (Å²) < 4.78 is 38.1. The Kier molecular flexibility index (Phi) is 5.03. The van der Waals surface area contributed by atoms with Gasteiger partial charge in [0.05, 0.1) is 17.4 Å². The number of aromatic amines is 1. The van der Waals surface area contributed by atoms with Gasteiger partial charge in [0.1, 0.15) is 32.4 Å². The van der Waals surface area contributed by atoms with Crippen LogP contribution in [0.2, 0.25) is 0 Å². The molecule has 2 amide bonds. The number of carbonyl (C=O) groups excluding carboxylic acids is 2. The summed E-state index contributed by atoms with van der Waals surface area (Å²) in [4.78, 5) is 32.5. The monoisotopic (exact) mass is 398 g/mol. The van der Waals surface area contributed by atoms with Gasteiger partial charge in [-0.1, -0.05) is 12.8 Å². The van der Waals surface area contributed by atoms with Crippen LogP contribution in [0.4, 0.5) is 19.0 Å². The molecule has 0 aromatic carbocycles. The number of piperazine rings is 1. The van der Waals surface area contributed by atoms with Crippen molar-refractivity contribution < 1.29 is 32.6 Å². The summed E-state index contributed by atoms with van der Waals surface area (Å²) in [6.45, 7) is 3.15. The van der Waals surface area contributed by atoms with Gasteiger partial charge in [0.25, 0.3) is 5.82 Å². The first-order valence-electron chi connectivity index (χ1n) is 9.87. The Hall–Kier alpha value is -2.16.